The molecule has 17 nitrogen and oxygen atoms in total. The number of fused-ring (bicyclic) bond motifs is 2. The number of nitrogens with two attached hydrogens (primary N) is 3. The number of carbonyl (C=O) groups is 4. The number of amides is 1. The summed E-state index contributed by atoms with van der Waals surface area (Å²) < 4.78 is 94.3. The maximum atomic E-state index is 14.0. The Labute approximate surface area is 487 Å². The van der Waals surface area contributed by atoms with Gasteiger partial charge in [-0.25, -0.2) is 14.8 Å². The van der Waals surface area contributed by atoms with Crippen LogP contribution in [0.15, 0.2) is 180 Å². The summed E-state index contributed by atoms with van der Waals surface area (Å²) in [5, 5.41) is 12.2. The number of carboxylic acid groups (broad SMARTS) is 1. The molecule has 8 heterocycles. The highest BCUT2D eigenvalue weighted by molar-refractivity contribution is 5.96. The molecule has 0 unspecified atom stereocenters. The first-order chi connectivity index (χ1) is 40.7. The average molecular weight is 1180 g/mol. The zero-order chi connectivity index (χ0) is 60.7. The van der Waals surface area contributed by atoms with E-state index in [2.05, 4.69) is 35.2 Å². The van der Waals surface area contributed by atoms with E-state index >= 15 is 0 Å². The summed E-state index contributed by atoms with van der Waals surface area (Å²) in [7, 11) is 0. The Hall–Kier alpha value is -10.7. The Morgan fingerprint density at radius 1 is 0.558 bits per heavy atom. The van der Waals surface area contributed by atoms with E-state index in [1.807, 2.05) is 18.2 Å². The van der Waals surface area contributed by atoms with Crippen molar-refractivity contribution in [2.45, 2.75) is 58.6 Å². The standard InChI is InChI=1S/C31H24F3N5O3.C25H18F3N3O4.C6H8N2.CH4/c32-31(33,34)26-14-22(27-9-5-21(18-37-27)30(41)39-17-20-2-1-11-36-15-20)12-23-13-25(42-29(23)26)8-7-24(40)6-3-19-4-10-28(35)38-16-19;26-25(27,28)20-11-16(21-7-3-15(13-30-21)24(33)34)9-17-10-19(35-23(17)20)6-5-18(32)4-1-14-2-8-22(29)31-12-14;7-4-6-2-1-3-8-5-6;/h1-6,9-16,18H,7-8,17H2,(H2,35,38)(H,39,41);1-4,7-13H,5-6H2,(H2,29,31)(H,33,34);1-3,5H,4,7H2;1H4/b6-3+;4-1+;;. The number of halogens is 6. The zero-order valence-corrected chi connectivity index (χ0v) is 44.6. The van der Waals surface area contributed by atoms with E-state index in [4.69, 9.17) is 31.1 Å². The molecule has 8 aromatic heterocycles. The van der Waals surface area contributed by atoms with Gasteiger partial charge in [0.25, 0.3) is 5.91 Å². The number of anilines is 2. The lowest BCUT2D eigenvalue weighted by Crippen LogP contribution is -2.22. The Bertz CT molecular complexity index is 4010. The maximum absolute atomic E-state index is 14.0. The number of nitrogen functional groups attached to an aromatic ring is 2. The smallest absolute Gasteiger partial charge is 0.420 e. The van der Waals surface area contributed by atoms with Crippen LogP contribution in [0.1, 0.15) is 85.9 Å². The number of nitrogens with one attached hydrogen (secondary N) is 1. The minimum absolute atomic E-state index is 0. The average Bonchev–Trinajstić information content (AvgIpc) is 3.39. The van der Waals surface area contributed by atoms with Crippen LogP contribution < -0.4 is 22.5 Å². The Kier molecular flexibility index (Phi) is 20.9. The first kappa shape index (κ1) is 62.9. The van der Waals surface area contributed by atoms with Gasteiger partial charge in [0.05, 0.1) is 33.6 Å². The number of allylic oxidation sites excluding steroid dienone is 2. The third kappa shape index (κ3) is 17.4. The van der Waals surface area contributed by atoms with Crippen LogP contribution in [0.5, 0.6) is 0 Å². The Morgan fingerprint density at radius 3 is 1.40 bits per heavy atom. The molecule has 86 heavy (non-hydrogen) atoms. The van der Waals surface area contributed by atoms with Gasteiger partial charge >= 0.3 is 18.3 Å². The molecule has 2 aromatic carbocycles. The van der Waals surface area contributed by atoms with Crippen LogP contribution in [-0.2, 0) is 47.9 Å². The van der Waals surface area contributed by atoms with Gasteiger partial charge in [0.15, 0.2) is 11.6 Å². The minimum atomic E-state index is -4.70. The van der Waals surface area contributed by atoms with Gasteiger partial charge in [-0.05, 0) is 144 Å². The Balaban J connectivity index is 0.000000218. The van der Waals surface area contributed by atoms with E-state index in [-0.39, 0.29) is 124 Å². The van der Waals surface area contributed by atoms with Gasteiger partial charge < -0.3 is 36.5 Å². The molecule has 0 radical (unpaired) electrons. The van der Waals surface area contributed by atoms with Gasteiger partial charge in [0, 0.05) is 110 Å². The number of carboxylic acids is 1. The first-order valence-corrected chi connectivity index (χ1v) is 25.7. The van der Waals surface area contributed by atoms with Crippen molar-refractivity contribution in [2.75, 3.05) is 11.5 Å². The number of nitrogens with zero attached hydrogens (tertiary/aromatic N) is 6. The molecule has 440 valence electrons. The first-order valence-electron chi connectivity index (χ1n) is 25.7. The molecule has 0 aliphatic carbocycles. The maximum Gasteiger partial charge on any atom is 0.420 e. The van der Waals surface area contributed by atoms with Crippen LogP contribution in [-0.4, -0.2) is 58.5 Å². The second-order valence-corrected chi connectivity index (χ2v) is 18.7. The number of aryl methyl sites for hydroxylation is 2. The van der Waals surface area contributed by atoms with Crippen LogP contribution in [0.3, 0.4) is 0 Å². The normalized spacial score (nSPS) is 11.4. The number of benzene rings is 2. The van der Waals surface area contributed by atoms with E-state index < -0.39 is 29.4 Å². The summed E-state index contributed by atoms with van der Waals surface area (Å²) in [5.74, 6) is -0.836. The van der Waals surface area contributed by atoms with Crippen molar-refractivity contribution in [3.63, 3.8) is 0 Å². The molecule has 0 saturated heterocycles. The second-order valence-electron chi connectivity index (χ2n) is 18.7. The number of aromatic nitrogens is 6. The van der Waals surface area contributed by atoms with Crippen molar-refractivity contribution >= 4 is 69.2 Å². The minimum Gasteiger partial charge on any atom is -0.478 e. The van der Waals surface area contributed by atoms with Crippen LogP contribution in [0.2, 0.25) is 0 Å². The van der Waals surface area contributed by atoms with Gasteiger partial charge in [-0.1, -0.05) is 19.6 Å². The van der Waals surface area contributed by atoms with E-state index in [1.165, 1.54) is 79.3 Å². The van der Waals surface area contributed by atoms with Crippen molar-refractivity contribution in [3.8, 4) is 22.5 Å². The number of aromatic carboxylic acids is 1. The van der Waals surface area contributed by atoms with Crippen LogP contribution in [0, 0.1) is 0 Å². The van der Waals surface area contributed by atoms with Crippen molar-refractivity contribution in [3.05, 3.63) is 227 Å². The van der Waals surface area contributed by atoms with Gasteiger partial charge in [-0.3, -0.25) is 34.3 Å². The fraction of sp³-hybridized carbons (Fsp3) is 0.143. The summed E-state index contributed by atoms with van der Waals surface area (Å²) in [5.41, 5.74) is 18.0. The molecule has 8 N–H and O–H groups in total. The van der Waals surface area contributed by atoms with Gasteiger partial charge in [-0.15, -0.1) is 0 Å². The molecule has 0 fully saturated rings. The third-order valence-corrected chi connectivity index (χ3v) is 12.5. The fourth-order valence-electron chi connectivity index (χ4n) is 8.14. The van der Waals surface area contributed by atoms with E-state index in [9.17, 15) is 45.5 Å². The summed E-state index contributed by atoms with van der Waals surface area (Å²) >= 11 is 0. The van der Waals surface area contributed by atoms with E-state index in [0.29, 0.717) is 29.3 Å². The van der Waals surface area contributed by atoms with Crippen molar-refractivity contribution in [1.29, 1.82) is 0 Å². The summed E-state index contributed by atoms with van der Waals surface area (Å²) in [6, 6.07) is 27.5. The molecule has 0 aliphatic heterocycles. The Morgan fingerprint density at radius 2 is 1.02 bits per heavy atom. The van der Waals surface area contributed by atoms with Gasteiger partial charge in [-0.2, -0.15) is 26.3 Å². The quantitative estimate of drug-likeness (QED) is 0.0418. The monoisotopic (exact) mass is 1180 g/mol. The molecule has 1 amide bonds. The lowest BCUT2D eigenvalue weighted by Gasteiger charge is -2.10. The number of hydrogen-bond donors (Lipinski definition) is 5. The number of ketones is 2. The topological polar surface area (TPSA) is 282 Å². The second kappa shape index (κ2) is 28.5. The van der Waals surface area contributed by atoms with E-state index in [0.717, 1.165) is 29.5 Å². The molecule has 10 aromatic rings. The number of pyridine rings is 6. The highest BCUT2D eigenvalue weighted by Crippen LogP contribution is 2.41. The summed E-state index contributed by atoms with van der Waals surface area (Å²) in [6.45, 7) is 0.846. The lowest BCUT2D eigenvalue weighted by atomic mass is 10.0. The molecule has 0 saturated carbocycles. The number of hydrogen-bond acceptors (Lipinski definition) is 15. The van der Waals surface area contributed by atoms with Crippen LogP contribution in [0.4, 0.5) is 38.0 Å². The van der Waals surface area contributed by atoms with Crippen LogP contribution >= 0.6 is 0 Å². The number of rotatable bonds is 17. The highest BCUT2D eigenvalue weighted by Gasteiger charge is 2.36. The van der Waals surface area contributed by atoms with Gasteiger partial charge in [0.2, 0.25) is 0 Å². The molecule has 10 rings (SSSR count). The molecular formula is C63H54F6N10O7. The SMILES string of the molecule is C.NCc1cccnc1.Nc1ccc(/C=C/C(=O)CCc2cc3cc(-c4ccc(C(=O)NCc5cccnc5)cn4)cc(C(F)(F)F)c3o2)cn1.Nc1ccc(/C=C/C(=O)CCc2cc3cc(-c4ccc(C(=O)O)cn4)cc(C(F)(F)F)c3o2)cn1. The van der Waals surface area contributed by atoms with Gasteiger partial charge in [0.1, 0.15) is 34.3 Å². The predicted octanol–water partition coefficient (Wildman–Crippen LogP) is 12.6. The molecule has 23 heteroatoms. The van der Waals surface area contributed by atoms with Crippen LogP contribution in [0.25, 0.3) is 56.6 Å². The van der Waals surface area contributed by atoms with Crippen molar-refractivity contribution < 1.29 is 59.5 Å². The highest BCUT2D eigenvalue weighted by atomic mass is 19.4. The summed E-state index contributed by atoms with van der Waals surface area (Å²) in [4.78, 5) is 72.0. The fourth-order valence-corrected chi connectivity index (χ4v) is 8.14. The molecule has 0 atom stereocenters. The van der Waals surface area contributed by atoms with Crippen molar-refractivity contribution in [1.82, 2.24) is 35.2 Å². The predicted molar refractivity (Wildman–Crippen MR) is 312 cm³/mol. The third-order valence-electron chi connectivity index (χ3n) is 12.5. The van der Waals surface area contributed by atoms with E-state index in [1.54, 1.807) is 67.3 Å². The number of alkyl halides is 6. The molecular weight excluding hydrogens is 1120 g/mol. The molecule has 0 spiro atoms. The largest absolute Gasteiger partial charge is 0.478 e. The van der Waals surface area contributed by atoms with Crippen molar-refractivity contribution in [2.24, 2.45) is 5.73 Å². The zero-order valence-electron chi connectivity index (χ0n) is 44.6. The number of carbonyl (C=O) groups excluding carboxylic acids is 3. The molecule has 0 aliphatic rings. The lowest BCUT2D eigenvalue weighted by molar-refractivity contribution is -0.137. The molecule has 0 bridgehead atoms. The number of furan rings is 2. The summed E-state index contributed by atoms with van der Waals surface area (Å²) in [6.07, 6.45) is 8.99.